The summed E-state index contributed by atoms with van der Waals surface area (Å²) in [6, 6.07) is 28.2. The molecule has 3 aromatic rings. The standard InChI is InChI=1S/C22H18N2/c1-17(15-18-5-3-2-4-6-18)20-9-13-22(14-10-20)24-21-11-7-19(16-23)8-12-21/h2-15,24H,1H3/b17-15+. The van der Waals surface area contributed by atoms with Crippen molar-refractivity contribution in [2.45, 2.75) is 6.92 Å². The van der Waals surface area contributed by atoms with Gasteiger partial charge in [0.2, 0.25) is 0 Å². The number of nitrogens with one attached hydrogen (secondary N) is 1. The summed E-state index contributed by atoms with van der Waals surface area (Å²) in [5, 5.41) is 12.2. The highest BCUT2D eigenvalue weighted by atomic mass is 14.9. The topological polar surface area (TPSA) is 35.8 Å². The average Bonchev–Trinajstić information content (AvgIpc) is 2.64. The summed E-state index contributed by atoms with van der Waals surface area (Å²) < 4.78 is 0. The molecule has 0 atom stereocenters. The van der Waals surface area contributed by atoms with Gasteiger partial charge in [0.05, 0.1) is 11.6 Å². The summed E-state index contributed by atoms with van der Waals surface area (Å²) in [5.74, 6) is 0. The first-order valence-electron chi connectivity index (χ1n) is 7.85. The predicted octanol–water partition coefficient (Wildman–Crippen LogP) is 5.86. The molecule has 0 amide bonds. The molecule has 116 valence electrons. The van der Waals surface area contributed by atoms with Crippen molar-refractivity contribution in [3.05, 3.63) is 95.6 Å². The number of nitriles is 1. The Kier molecular flexibility index (Phi) is 4.74. The zero-order chi connectivity index (χ0) is 16.8. The zero-order valence-corrected chi connectivity index (χ0v) is 13.5. The summed E-state index contributed by atoms with van der Waals surface area (Å²) in [4.78, 5) is 0. The Morgan fingerprint density at radius 3 is 2.00 bits per heavy atom. The molecular formula is C22H18N2. The number of anilines is 2. The van der Waals surface area contributed by atoms with E-state index in [1.54, 1.807) is 0 Å². The van der Waals surface area contributed by atoms with E-state index in [-0.39, 0.29) is 0 Å². The Balaban J connectivity index is 1.73. The fraction of sp³-hybridized carbons (Fsp3) is 0.0455. The summed E-state index contributed by atoms with van der Waals surface area (Å²) in [7, 11) is 0. The summed E-state index contributed by atoms with van der Waals surface area (Å²) in [6.45, 7) is 2.12. The molecule has 0 saturated carbocycles. The maximum atomic E-state index is 8.83. The van der Waals surface area contributed by atoms with Gasteiger partial charge in [0, 0.05) is 11.4 Å². The maximum absolute atomic E-state index is 8.83. The Hall–Kier alpha value is -3.31. The van der Waals surface area contributed by atoms with Crippen LogP contribution < -0.4 is 5.32 Å². The molecule has 0 aromatic heterocycles. The number of hydrogen-bond acceptors (Lipinski definition) is 2. The number of nitrogens with zero attached hydrogens (tertiary/aromatic N) is 1. The Bertz CT molecular complexity index is 868. The highest BCUT2D eigenvalue weighted by molar-refractivity contribution is 5.80. The molecule has 0 unspecified atom stereocenters. The molecule has 0 heterocycles. The van der Waals surface area contributed by atoms with Crippen molar-refractivity contribution < 1.29 is 0 Å². The van der Waals surface area contributed by atoms with Gasteiger partial charge in [-0.2, -0.15) is 5.26 Å². The SMILES string of the molecule is C/C(=C\c1ccccc1)c1ccc(Nc2ccc(C#N)cc2)cc1. The van der Waals surface area contributed by atoms with E-state index in [9.17, 15) is 0 Å². The fourth-order valence-electron chi connectivity index (χ4n) is 2.49. The maximum Gasteiger partial charge on any atom is 0.0991 e. The van der Waals surface area contributed by atoms with Crippen LogP contribution in [0.1, 0.15) is 23.6 Å². The van der Waals surface area contributed by atoms with Crippen LogP contribution in [0.25, 0.3) is 11.6 Å². The van der Waals surface area contributed by atoms with E-state index in [0.717, 1.165) is 11.4 Å². The van der Waals surface area contributed by atoms with Crippen molar-refractivity contribution in [1.29, 1.82) is 5.26 Å². The van der Waals surface area contributed by atoms with E-state index in [0.29, 0.717) is 5.56 Å². The largest absolute Gasteiger partial charge is 0.356 e. The van der Waals surface area contributed by atoms with Gasteiger partial charge < -0.3 is 5.32 Å². The fourth-order valence-corrected chi connectivity index (χ4v) is 2.49. The lowest BCUT2D eigenvalue weighted by molar-refractivity contribution is 1.47. The van der Waals surface area contributed by atoms with Gasteiger partial charge in [-0.15, -0.1) is 0 Å². The molecule has 3 aromatic carbocycles. The summed E-state index contributed by atoms with van der Waals surface area (Å²) in [5.41, 5.74) is 6.29. The molecular weight excluding hydrogens is 292 g/mol. The second-order valence-electron chi connectivity index (χ2n) is 5.63. The molecule has 0 aliphatic heterocycles. The third-order valence-corrected chi connectivity index (χ3v) is 3.83. The van der Waals surface area contributed by atoms with Crippen molar-refractivity contribution in [3.63, 3.8) is 0 Å². The van der Waals surface area contributed by atoms with Crippen LogP contribution in [-0.4, -0.2) is 0 Å². The molecule has 2 nitrogen and oxygen atoms in total. The van der Waals surface area contributed by atoms with Crippen LogP contribution in [0.5, 0.6) is 0 Å². The van der Waals surface area contributed by atoms with Gasteiger partial charge >= 0.3 is 0 Å². The lowest BCUT2D eigenvalue weighted by Gasteiger charge is -2.08. The highest BCUT2D eigenvalue weighted by Gasteiger charge is 1.99. The van der Waals surface area contributed by atoms with E-state index >= 15 is 0 Å². The quantitative estimate of drug-likeness (QED) is 0.612. The smallest absolute Gasteiger partial charge is 0.0991 e. The monoisotopic (exact) mass is 310 g/mol. The number of rotatable bonds is 4. The van der Waals surface area contributed by atoms with Crippen molar-refractivity contribution >= 4 is 23.0 Å². The third kappa shape index (κ3) is 3.91. The molecule has 0 saturated heterocycles. The van der Waals surface area contributed by atoms with E-state index in [4.69, 9.17) is 5.26 Å². The molecule has 0 radical (unpaired) electrons. The molecule has 0 aliphatic rings. The van der Waals surface area contributed by atoms with E-state index in [1.165, 1.54) is 16.7 Å². The molecule has 0 spiro atoms. The van der Waals surface area contributed by atoms with Gasteiger partial charge in [0.1, 0.15) is 0 Å². The Labute approximate surface area is 142 Å². The van der Waals surface area contributed by atoms with Crippen molar-refractivity contribution in [1.82, 2.24) is 0 Å². The first kappa shape index (κ1) is 15.6. The minimum Gasteiger partial charge on any atom is -0.356 e. The molecule has 1 N–H and O–H groups in total. The van der Waals surface area contributed by atoms with Gasteiger partial charge in [-0.25, -0.2) is 0 Å². The van der Waals surface area contributed by atoms with Gasteiger partial charge in [0.15, 0.2) is 0 Å². The van der Waals surface area contributed by atoms with Crippen LogP contribution in [0, 0.1) is 11.3 Å². The molecule has 0 fully saturated rings. The second-order valence-corrected chi connectivity index (χ2v) is 5.63. The first-order chi connectivity index (χ1) is 11.7. The van der Waals surface area contributed by atoms with Crippen molar-refractivity contribution in [2.24, 2.45) is 0 Å². The number of hydrogen-bond donors (Lipinski definition) is 1. The minimum atomic E-state index is 0.664. The van der Waals surface area contributed by atoms with E-state index < -0.39 is 0 Å². The van der Waals surface area contributed by atoms with E-state index in [1.807, 2.05) is 42.5 Å². The lowest BCUT2D eigenvalue weighted by atomic mass is 10.0. The van der Waals surface area contributed by atoms with Crippen molar-refractivity contribution in [3.8, 4) is 6.07 Å². The summed E-state index contributed by atoms with van der Waals surface area (Å²) >= 11 is 0. The van der Waals surface area contributed by atoms with Gasteiger partial charge in [-0.05, 0) is 60.0 Å². The Morgan fingerprint density at radius 2 is 1.42 bits per heavy atom. The van der Waals surface area contributed by atoms with E-state index in [2.05, 4.69) is 60.8 Å². The molecule has 3 rings (SSSR count). The molecule has 24 heavy (non-hydrogen) atoms. The number of benzene rings is 3. The molecule has 0 bridgehead atoms. The van der Waals surface area contributed by atoms with Crippen LogP contribution in [0.15, 0.2) is 78.9 Å². The predicted molar refractivity (Wildman–Crippen MR) is 101 cm³/mol. The lowest BCUT2D eigenvalue weighted by Crippen LogP contribution is -1.90. The van der Waals surface area contributed by atoms with Crippen LogP contribution >= 0.6 is 0 Å². The van der Waals surface area contributed by atoms with Gasteiger partial charge in [-0.3, -0.25) is 0 Å². The van der Waals surface area contributed by atoms with Crippen molar-refractivity contribution in [2.75, 3.05) is 5.32 Å². The Morgan fingerprint density at radius 1 is 0.833 bits per heavy atom. The van der Waals surface area contributed by atoms with Gasteiger partial charge in [0.25, 0.3) is 0 Å². The van der Waals surface area contributed by atoms with Crippen LogP contribution in [0.3, 0.4) is 0 Å². The number of allylic oxidation sites excluding steroid dienone is 1. The van der Waals surface area contributed by atoms with Crippen LogP contribution in [-0.2, 0) is 0 Å². The third-order valence-electron chi connectivity index (χ3n) is 3.83. The van der Waals surface area contributed by atoms with Crippen LogP contribution in [0.2, 0.25) is 0 Å². The highest BCUT2D eigenvalue weighted by Crippen LogP contribution is 2.22. The van der Waals surface area contributed by atoms with Crippen LogP contribution in [0.4, 0.5) is 11.4 Å². The summed E-state index contributed by atoms with van der Waals surface area (Å²) in [6.07, 6.45) is 2.18. The average molecular weight is 310 g/mol. The normalized spacial score (nSPS) is 10.9. The molecule has 0 aliphatic carbocycles. The second kappa shape index (κ2) is 7.30. The van der Waals surface area contributed by atoms with Gasteiger partial charge in [-0.1, -0.05) is 48.5 Å². The molecule has 2 heteroatoms. The zero-order valence-electron chi connectivity index (χ0n) is 13.5. The minimum absolute atomic E-state index is 0.664. The first-order valence-corrected chi connectivity index (χ1v) is 7.85.